The lowest BCUT2D eigenvalue weighted by Gasteiger charge is -2.35. The SMILES string of the molecule is CC(C)(C)CCOC(=O)N(C(=O)N1CCOCC1)C(CCO)C(=O)OC(C)(C)C. The minimum absolute atomic E-state index is 0.0605. The molecule has 1 aliphatic heterocycles. The van der Waals surface area contributed by atoms with Gasteiger partial charge in [-0.3, -0.25) is 0 Å². The first-order valence-corrected chi connectivity index (χ1v) is 10.0. The van der Waals surface area contributed by atoms with E-state index in [1.165, 1.54) is 4.90 Å². The number of hydrogen-bond donors (Lipinski definition) is 1. The highest BCUT2D eigenvalue weighted by atomic mass is 16.6. The number of esters is 1. The van der Waals surface area contributed by atoms with Crippen LogP contribution in [0.1, 0.15) is 54.4 Å². The van der Waals surface area contributed by atoms with Crippen molar-refractivity contribution in [3.63, 3.8) is 0 Å². The number of rotatable bonds is 6. The van der Waals surface area contributed by atoms with E-state index >= 15 is 0 Å². The minimum atomic E-state index is -1.28. The van der Waals surface area contributed by atoms with Crippen molar-refractivity contribution < 1.29 is 33.7 Å². The molecule has 0 spiro atoms. The van der Waals surface area contributed by atoms with Gasteiger partial charge in [0.05, 0.1) is 19.8 Å². The summed E-state index contributed by atoms with van der Waals surface area (Å²) in [5, 5.41) is 9.46. The van der Waals surface area contributed by atoms with Crippen LogP contribution in [0.4, 0.5) is 9.59 Å². The molecule has 3 amide bonds. The number of amides is 3. The van der Waals surface area contributed by atoms with Crippen LogP contribution in [0.15, 0.2) is 0 Å². The molecule has 0 bridgehead atoms. The van der Waals surface area contributed by atoms with Crippen molar-refractivity contribution in [1.29, 1.82) is 0 Å². The maximum Gasteiger partial charge on any atom is 0.418 e. The molecule has 168 valence electrons. The van der Waals surface area contributed by atoms with Crippen LogP contribution in [0.2, 0.25) is 0 Å². The summed E-state index contributed by atoms with van der Waals surface area (Å²) in [4.78, 5) is 40.9. The molecule has 0 radical (unpaired) electrons. The topological polar surface area (TPSA) is 106 Å². The van der Waals surface area contributed by atoms with Crippen LogP contribution in [-0.4, -0.2) is 84.2 Å². The highest BCUT2D eigenvalue weighted by Crippen LogP contribution is 2.20. The molecule has 1 unspecified atom stereocenters. The Bertz CT molecular complexity index is 560. The van der Waals surface area contributed by atoms with Crippen molar-refractivity contribution in [2.24, 2.45) is 5.41 Å². The molecule has 1 rings (SSSR count). The molecule has 0 aliphatic carbocycles. The molecule has 1 atom stereocenters. The summed E-state index contributed by atoms with van der Waals surface area (Å²) in [6, 6.07) is -1.94. The van der Waals surface area contributed by atoms with Crippen molar-refractivity contribution in [2.75, 3.05) is 39.5 Å². The second-order valence-corrected chi connectivity index (χ2v) is 9.24. The first kappa shape index (κ1) is 25.2. The summed E-state index contributed by atoms with van der Waals surface area (Å²) in [5.41, 5.74) is -0.871. The predicted molar refractivity (Wildman–Crippen MR) is 106 cm³/mol. The second-order valence-electron chi connectivity index (χ2n) is 9.24. The molecular formula is C20H36N2O7. The number of carbonyl (C=O) groups excluding carboxylic acids is 3. The smallest absolute Gasteiger partial charge is 0.418 e. The number of ether oxygens (including phenoxy) is 3. The third-order valence-corrected chi connectivity index (χ3v) is 4.16. The zero-order valence-corrected chi connectivity index (χ0v) is 18.5. The fourth-order valence-corrected chi connectivity index (χ4v) is 2.60. The number of nitrogens with zero attached hydrogens (tertiary/aromatic N) is 2. The Morgan fingerprint density at radius 2 is 1.69 bits per heavy atom. The highest BCUT2D eigenvalue weighted by Gasteiger charge is 2.40. The minimum Gasteiger partial charge on any atom is -0.458 e. The second kappa shape index (κ2) is 10.8. The van der Waals surface area contributed by atoms with Crippen LogP contribution in [0, 0.1) is 5.41 Å². The van der Waals surface area contributed by atoms with Gasteiger partial charge in [0.25, 0.3) is 0 Å². The van der Waals surface area contributed by atoms with Crippen molar-refractivity contribution in [2.45, 2.75) is 66.0 Å². The van der Waals surface area contributed by atoms with Gasteiger partial charge in [0.1, 0.15) is 11.6 Å². The van der Waals surface area contributed by atoms with Gasteiger partial charge in [-0.05, 0) is 32.6 Å². The summed E-state index contributed by atoms with van der Waals surface area (Å²) >= 11 is 0. The Morgan fingerprint density at radius 1 is 1.10 bits per heavy atom. The van der Waals surface area contributed by atoms with Crippen LogP contribution in [0.5, 0.6) is 0 Å². The summed E-state index contributed by atoms with van der Waals surface area (Å²) in [5.74, 6) is -0.763. The number of aliphatic hydroxyl groups is 1. The van der Waals surface area contributed by atoms with Crippen LogP contribution in [0.3, 0.4) is 0 Å². The van der Waals surface area contributed by atoms with E-state index in [2.05, 4.69) is 0 Å². The predicted octanol–water partition coefficient (Wildman–Crippen LogP) is 2.41. The highest BCUT2D eigenvalue weighted by molar-refractivity contribution is 5.96. The quantitative estimate of drug-likeness (QED) is 0.663. The van der Waals surface area contributed by atoms with Crippen LogP contribution >= 0.6 is 0 Å². The molecule has 9 nitrogen and oxygen atoms in total. The normalized spacial score (nSPS) is 16.2. The zero-order valence-electron chi connectivity index (χ0n) is 18.5. The lowest BCUT2D eigenvalue weighted by Crippen LogP contribution is -2.57. The van der Waals surface area contributed by atoms with Crippen LogP contribution < -0.4 is 0 Å². The van der Waals surface area contributed by atoms with Crippen molar-refractivity contribution in [3.05, 3.63) is 0 Å². The summed E-state index contributed by atoms with van der Waals surface area (Å²) < 4.78 is 16.0. The van der Waals surface area contributed by atoms with Gasteiger partial charge in [-0.2, -0.15) is 0 Å². The van der Waals surface area contributed by atoms with E-state index in [1.54, 1.807) is 20.8 Å². The van der Waals surface area contributed by atoms with Gasteiger partial charge in [0.15, 0.2) is 0 Å². The molecule has 9 heteroatoms. The van der Waals surface area contributed by atoms with E-state index in [0.29, 0.717) is 32.7 Å². The molecule has 1 saturated heterocycles. The summed E-state index contributed by atoms with van der Waals surface area (Å²) in [6.07, 6.45) is -0.468. The van der Waals surface area contributed by atoms with Gasteiger partial charge in [-0.15, -0.1) is 0 Å². The van der Waals surface area contributed by atoms with Gasteiger partial charge in [0, 0.05) is 26.1 Å². The first-order valence-electron chi connectivity index (χ1n) is 10.0. The molecule has 0 aromatic rings. The molecule has 0 aromatic heterocycles. The fourth-order valence-electron chi connectivity index (χ4n) is 2.60. The summed E-state index contributed by atoms with van der Waals surface area (Å²) in [7, 11) is 0. The largest absolute Gasteiger partial charge is 0.458 e. The number of carbonyl (C=O) groups is 3. The van der Waals surface area contributed by atoms with Crippen molar-refractivity contribution >= 4 is 18.1 Å². The van der Waals surface area contributed by atoms with E-state index in [4.69, 9.17) is 14.2 Å². The molecule has 1 heterocycles. The lowest BCUT2D eigenvalue weighted by atomic mass is 9.93. The Hall–Kier alpha value is -1.87. The van der Waals surface area contributed by atoms with Gasteiger partial charge >= 0.3 is 18.1 Å². The van der Waals surface area contributed by atoms with E-state index < -0.39 is 36.3 Å². The molecule has 0 aromatic carbocycles. The van der Waals surface area contributed by atoms with E-state index in [1.807, 2.05) is 20.8 Å². The number of imide groups is 1. The maximum absolute atomic E-state index is 13.1. The monoisotopic (exact) mass is 416 g/mol. The molecule has 1 N–H and O–H groups in total. The van der Waals surface area contributed by atoms with Crippen molar-refractivity contribution in [1.82, 2.24) is 9.80 Å². The van der Waals surface area contributed by atoms with E-state index in [9.17, 15) is 19.5 Å². The average Bonchev–Trinajstić information content (AvgIpc) is 2.59. The number of hydrogen-bond acceptors (Lipinski definition) is 7. The molecule has 29 heavy (non-hydrogen) atoms. The molecular weight excluding hydrogens is 380 g/mol. The van der Waals surface area contributed by atoms with Gasteiger partial charge in [0.2, 0.25) is 0 Å². The number of aliphatic hydroxyl groups excluding tert-OH is 1. The third-order valence-electron chi connectivity index (χ3n) is 4.16. The van der Waals surface area contributed by atoms with Gasteiger partial charge < -0.3 is 24.2 Å². The maximum atomic E-state index is 13.1. The van der Waals surface area contributed by atoms with Crippen LogP contribution in [-0.2, 0) is 19.0 Å². The van der Waals surface area contributed by atoms with E-state index in [-0.39, 0.29) is 18.4 Å². The molecule has 0 saturated carbocycles. The van der Waals surface area contributed by atoms with Gasteiger partial charge in [-0.25, -0.2) is 19.3 Å². The van der Waals surface area contributed by atoms with E-state index in [0.717, 1.165) is 4.90 Å². The van der Waals surface area contributed by atoms with Gasteiger partial charge in [-0.1, -0.05) is 20.8 Å². The third kappa shape index (κ3) is 8.99. The Morgan fingerprint density at radius 3 is 2.17 bits per heavy atom. The number of urea groups is 1. The molecule has 1 aliphatic rings. The fraction of sp³-hybridized carbons (Fsp3) is 0.850. The average molecular weight is 417 g/mol. The Kier molecular flexibility index (Phi) is 9.35. The Balaban J connectivity index is 3.08. The van der Waals surface area contributed by atoms with Crippen LogP contribution in [0.25, 0.3) is 0 Å². The zero-order chi connectivity index (χ0) is 22.2. The number of morpholine rings is 1. The first-order chi connectivity index (χ1) is 13.4. The summed E-state index contributed by atoms with van der Waals surface area (Å²) in [6.45, 7) is 12.1. The molecule has 1 fully saturated rings. The Labute approximate surface area is 173 Å². The standard InChI is InChI=1S/C20H36N2O7/c1-19(2,3)8-12-28-18(26)22(17(25)21-9-13-27-14-10-21)15(7-11-23)16(24)29-20(4,5)6/h15,23H,7-14H2,1-6H3. The van der Waals surface area contributed by atoms with Crippen molar-refractivity contribution in [3.8, 4) is 0 Å². The lowest BCUT2D eigenvalue weighted by molar-refractivity contribution is -0.160.